The van der Waals surface area contributed by atoms with Gasteiger partial charge in [-0.2, -0.15) is 0 Å². The zero-order chi connectivity index (χ0) is 18.5. The van der Waals surface area contributed by atoms with Gasteiger partial charge in [-0.05, 0) is 31.1 Å². The number of hydrogen-bond acceptors (Lipinski definition) is 5. The highest BCUT2D eigenvalue weighted by Gasteiger charge is 2.71. The van der Waals surface area contributed by atoms with Crippen LogP contribution in [-0.2, 0) is 9.59 Å². The third kappa shape index (κ3) is 1.79. The average Bonchev–Trinajstić information content (AvgIpc) is 3.23. The van der Waals surface area contributed by atoms with Gasteiger partial charge in [-0.25, -0.2) is 0 Å². The van der Waals surface area contributed by atoms with Crippen molar-refractivity contribution in [3.8, 4) is 0 Å². The van der Waals surface area contributed by atoms with Gasteiger partial charge < -0.3 is 15.3 Å². The standard InChI is InChI=1S/C20H26O5/c1-8-5-6-19(4)12(10(8)3)15(22)14(21)11-13(19)16(23)18(25)20(17(11)24)7-9(20)2/h8-9,12,14-15,18,21-22,25H,3,5-7H2,1-2,4H3/t8-,9+,12-,14+,15+,18+,19+,20-/m1/s1. The summed E-state index contributed by atoms with van der Waals surface area (Å²) in [4.78, 5) is 26.3. The molecule has 25 heavy (non-hydrogen) atoms. The number of aliphatic hydroxyl groups excluding tert-OH is 3. The molecule has 0 heterocycles. The van der Waals surface area contributed by atoms with E-state index in [4.69, 9.17) is 0 Å². The Balaban J connectivity index is 1.94. The maximum atomic E-state index is 13.2. The lowest BCUT2D eigenvalue weighted by Crippen LogP contribution is -2.60. The molecule has 0 aromatic heterocycles. The molecular formula is C20H26O5. The van der Waals surface area contributed by atoms with Crippen LogP contribution in [0, 0.1) is 28.6 Å². The van der Waals surface area contributed by atoms with Gasteiger partial charge in [-0.15, -0.1) is 0 Å². The Morgan fingerprint density at radius 1 is 1.16 bits per heavy atom. The molecule has 2 saturated carbocycles. The highest BCUT2D eigenvalue weighted by atomic mass is 16.3. The van der Waals surface area contributed by atoms with Gasteiger partial charge in [0, 0.05) is 22.5 Å². The molecule has 1 spiro atoms. The Morgan fingerprint density at radius 2 is 1.76 bits per heavy atom. The lowest BCUT2D eigenvalue weighted by Gasteiger charge is -2.54. The maximum absolute atomic E-state index is 13.2. The number of hydrogen-bond donors (Lipinski definition) is 3. The van der Waals surface area contributed by atoms with Crippen LogP contribution in [0.25, 0.3) is 0 Å². The molecule has 4 rings (SSSR count). The van der Waals surface area contributed by atoms with Gasteiger partial charge in [0.1, 0.15) is 12.2 Å². The molecule has 0 aliphatic heterocycles. The molecule has 3 N–H and O–H groups in total. The van der Waals surface area contributed by atoms with Crippen molar-refractivity contribution in [2.24, 2.45) is 28.6 Å². The van der Waals surface area contributed by atoms with Crippen molar-refractivity contribution in [1.82, 2.24) is 0 Å². The summed E-state index contributed by atoms with van der Waals surface area (Å²) in [6, 6.07) is 0. The quantitative estimate of drug-likeness (QED) is 0.572. The molecule has 0 saturated heterocycles. The minimum Gasteiger partial charge on any atom is -0.389 e. The second-order valence-electron chi connectivity index (χ2n) is 8.88. The van der Waals surface area contributed by atoms with Gasteiger partial charge in [0.2, 0.25) is 0 Å². The number of aliphatic hydroxyl groups is 3. The summed E-state index contributed by atoms with van der Waals surface area (Å²) >= 11 is 0. The van der Waals surface area contributed by atoms with Crippen molar-refractivity contribution in [3.05, 3.63) is 23.3 Å². The molecule has 0 radical (unpaired) electrons. The molecule has 5 heteroatoms. The zero-order valence-corrected chi connectivity index (χ0v) is 15.0. The van der Waals surface area contributed by atoms with Crippen molar-refractivity contribution in [1.29, 1.82) is 0 Å². The van der Waals surface area contributed by atoms with Crippen molar-refractivity contribution in [3.63, 3.8) is 0 Å². The highest BCUT2D eigenvalue weighted by molar-refractivity contribution is 6.19. The lowest BCUT2D eigenvalue weighted by atomic mass is 9.50. The number of fused-ring (bicyclic) bond motifs is 2. The Morgan fingerprint density at radius 3 is 2.32 bits per heavy atom. The van der Waals surface area contributed by atoms with E-state index in [1.165, 1.54) is 0 Å². The van der Waals surface area contributed by atoms with E-state index in [9.17, 15) is 24.9 Å². The molecular weight excluding hydrogens is 320 g/mol. The summed E-state index contributed by atoms with van der Waals surface area (Å²) in [5.74, 6) is -1.20. The Bertz CT molecular complexity index is 736. The van der Waals surface area contributed by atoms with Crippen LogP contribution in [0.4, 0.5) is 0 Å². The monoisotopic (exact) mass is 346 g/mol. The van der Waals surface area contributed by atoms with Crippen LogP contribution < -0.4 is 0 Å². The molecule has 8 atom stereocenters. The molecule has 2 fully saturated rings. The van der Waals surface area contributed by atoms with Crippen LogP contribution >= 0.6 is 0 Å². The second-order valence-corrected chi connectivity index (χ2v) is 8.88. The smallest absolute Gasteiger partial charge is 0.189 e. The van der Waals surface area contributed by atoms with Gasteiger partial charge in [-0.3, -0.25) is 9.59 Å². The van der Waals surface area contributed by atoms with Crippen molar-refractivity contribution in [2.45, 2.75) is 58.3 Å². The van der Waals surface area contributed by atoms with Crippen LogP contribution in [0.1, 0.15) is 40.0 Å². The zero-order valence-electron chi connectivity index (χ0n) is 15.0. The molecule has 4 aliphatic rings. The summed E-state index contributed by atoms with van der Waals surface area (Å²) in [6.45, 7) is 9.83. The van der Waals surface area contributed by atoms with E-state index < -0.39 is 40.8 Å². The molecule has 0 aromatic carbocycles. The topological polar surface area (TPSA) is 94.8 Å². The van der Waals surface area contributed by atoms with Crippen LogP contribution in [0.3, 0.4) is 0 Å². The molecule has 0 bridgehead atoms. The second kappa shape index (κ2) is 4.90. The van der Waals surface area contributed by atoms with E-state index in [1.54, 1.807) is 0 Å². The van der Waals surface area contributed by atoms with E-state index in [-0.39, 0.29) is 28.8 Å². The molecule has 5 nitrogen and oxygen atoms in total. The first-order valence-electron chi connectivity index (χ1n) is 9.15. The van der Waals surface area contributed by atoms with E-state index in [0.717, 1.165) is 12.0 Å². The summed E-state index contributed by atoms with van der Waals surface area (Å²) in [6.07, 6.45) is -2.04. The van der Waals surface area contributed by atoms with E-state index in [2.05, 4.69) is 6.58 Å². The Hall–Kier alpha value is -1.30. The SMILES string of the molecule is C=C1[C@H](C)CC[C@]2(C)C3=C(C(=O)[C@]4(C[C@@H]4C)[C@@H](O)C3=O)[C@H](O)[C@@H](O)[C@@H]12. The van der Waals surface area contributed by atoms with Gasteiger partial charge in [0.25, 0.3) is 0 Å². The number of rotatable bonds is 0. The normalized spacial score (nSPS) is 52.3. The predicted octanol–water partition coefficient (Wildman–Crippen LogP) is 1.17. The molecule has 0 unspecified atom stereocenters. The fourth-order valence-electron chi connectivity index (χ4n) is 5.81. The van der Waals surface area contributed by atoms with Crippen LogP contribution in [0.15, 0.2) is 23.3 Å². The number of carbonyl (C=O) groups is 2. The summed E-state index contributed by atoms with van der Waals surface area (Å²) in [5.41, 5.74) is -0.774. The van der Waals surface area contributed by atoms with E-state index in [1.807, 2.05) is 20.8 Å². The van der Waals surface area contributed by atoms with Gasteiger partial charge >= 0.3 is 0 Å². The van der Waals surface area contributed by atoms with Gasteiger partial charge in [0.05, 0.1) is 11.5 Å². The first-order valence-corrected chi connectivity index (χ1v) is 9.15. The molecule has 4 aliphatic carbocycles. The Labute approximate surface area is 147 Å². The van der Waals surface area contributed by atoms with Gasteiger partial charge in [0.15, 0.2) is 11.6 Å². The number of ketones is 2. The highest BCUT2D eigenvalue weighted by Crippen LogP contribution is 2.64. The lowest BCUT2D eigenvalue weighted by molar-refractivity contribution is -0.145. The fraction of sp³-hybridized carbons (Fsp3) is 0.700. The first-order chi connectivity index (χ1) is 11.6. The Kier molecular flexibility index (Phi) is 3.36. The van der Waals surface area contributed by atoms with E-state index >= 15 is 0 Å². The predicted molar refractivity (Wildman–Crippen MR) is 90.4 cm³/mol. The minimum absolute atomic E-state index is 0.0493. The van der Waals surface area contributed by atoms with Crippen LogP contribution in [0.2, 0.25) is 0 Å². The van der Waals surface area contributed by atoms with Crippen molar-refractivity contribution >= 4 is 11.6 Å². The van der Waals surface area contributed by atoms with Crippen molar-refractivity contribution < 1.29 is 24.9 Å². The number of Topliss-reactive ketones (excluding diaryl/α,β-unsaturated/α-hetero) is 2. The van der Waals surface area contributed by atoms with Crippen LogP contribution in [-0.4, -0.2) is 45.2 Å². The molecule has 136 valence electrons. The minimum atomic E-state index is -1.40. The first kappa shape index (κ1) is 17.1. The number of carbonyl (C=O) groups excluding carboxylic acids is 2. The third-order valence-electron chi connectivity index (χ3n) is 7.63. The van der Waals surface area contributed by atoms with Crippen molar-refractivity contribution in [2.75, 3.05) is 0 Å². The summed E-state index contributed by atoms with van der Waals surface area (Å²) in [7, 11) is 0. The largest absolute Gasteiger partial charge is 0.389 e. The van der Waals surface area contributed by atoms with Gasteiger partial charge in [-0.1, -0.05) is 32.9 Å². The third-order valence-corrected chi connectivity index (χ3v) is 7.63. The average molecular weight is 346 g/mol. The molecule has 0 aromatic rings. The fourth-order valence-corrected chi connectivity index (χ4v) is 5.81. The summed E-state index contributed by atoms with van der Waals surface area (Å²) in [5, 5.41) is 32.2. The van der Waals surface area contributed by atoms with E-state index in [0.29, 0.717) is 12.8 Å². The van der Waals surface area contributed by atoms with Crippen LogP contribution in [0.5, 0.6) is 0 Å². The molecule has 0 amide bonds. The maximum Gasteiger partial charge on any atom is 0.189 e. The summed E-state index contributed by atoms with van der Waals surface area (Å²) < 4.78 is 0.